The SMILES string of the molecule is C[S@](=N)(=O)c1ccc(F)cc1. The lowest BCUT2D eigenvalue weighted by atomic mass is 10.4. The molecule has 0 aliphatic heterocycles. The van der Waals surface area contributed by atoms with Crippen LogP contribution in [-0.4, -0.2) is 10.5 Å². The highest BCUT2D eigenvalue weighted by molar-refractivity contribution is 7.91. The molecule has 0 amide bonds. The van der Waals surface area contributed by atoms with Crippen LogP contribution in [0.4, 0.5) is 4.39 Å². The standard InChI is InChI=1S/C7H8FNOS/c1-11(9,10)7-4-2-6(8)3-5-7/h2-5,9H,1H3/t11-/m0/s1. The van der Waals surface area contributed by atoms with E-state index in [-0.39, 0.29) is 5.82 Å². The van der Waals surface area contributed by atoms with E-state index in [1.165, 1.54) is 30.5 Å². The van der Waals surface area contributed by atoms with Gasteiger partial charge in [-0.3, -0.25) is 0 Å². The maximum Gasteiger partial charge on any atom is 0.123 e. The average molecular weight is 173 g/mol. The first-order valence-corrected chi connectivity index (χ1v) is 4.96. The molecule has 0 bridgehead atoms. The summed E-state index contributed by atoms with van der Waals surface area (Å²) >= 11 is 0. The van der Waals surface area contributed by atoms with E-state index in [4.69, 9.17) is 4.78 Å². The molecule has 0 spiro atoms. The lowest BCUT2D eigenvalue weighted by molar-refractivity contribution is 0.626. The summed E-state index contributed by atoms with van der Waals surface area (Å²) in [6.07, 6.45) is 1.31. The third kappa shape index (κ3) is 2.01. The van der Waals surface area contributed by atoms with Crippen LogP contribution in [0.15, 0.2) is 29.2 Å². The van der Waals surface area contributed by atoms with Crippen LogP contribution in [0.25, 0.3) is 0 Å². The third-order valence-corrected chi connectivity index (χ3v) is 2.44. The Labute approximate surface area is 65.0 Å². The van der Waals surface area contributed by atoms with Gasteiger partial charge in [-0.25, -0.2) is 13.4 Å². The van der Waals surface area contributed by atoms with E-state index in [2.05, 4.69) is 0 Å². The number of nitrogens with one attached hydrogen (secondary N) is 1. The van der Waals surface area contributed by atoms with Gasteiger partial charge in [-0.05, 0) is 24.3 Å². The predicted octanol–water partition coefficient (Wildman–Crippen LogP) is 1.86. The smallest absolute Gasteiger partial charge is 0.123 e. The Balaban J connectivity index is 3.20. The van der Waals surface area contributed by atoms with Crippen LogP contribution >= 0.6 is 0 Å². The van der Waals surface area contributed by atoms with Gasteiger partial charge in [0.15, 0.2) is 0 Å². The van der Waals surface area contributed by atoms with E-state index in [1.807, 2.05) is 0 Å². The first-order chi connectivity index (χ1) is 5.00. The first-order valence-electron chi connectivity index (χ1n) is 2.99. The minimum atomic E-state index is -2.69. The molecule has 0 saturated carbocycles. The molecule has 0 heterocycles. The highest BCUT2D eigenvalue weighted by Crippen LogP contribution is 2.09. The van der Waals surface area contributed by atoms with Gasteiger partial charge in [-0.1, -0.05) is 0 Å². The summed E-state index contributed by atoms with van der Waals surface area (Å²) in [5.74, 6) is -0.377. The summed E-state index contributed by atoms with van der Waals surface area (Å²) in [5, 5.41) is 0. The van der Waals surface area contributed by atoms with E-state index in [9.17, 15) is 8.60 Å². The fraction of sp³-hybridized carbons (Fsp3) is 0.143. The number of halogens is 1. The molecule has 0 fully saturated rings. The zero-order valence-electron chi connectivity index (χ0n) is 6.00. The number of hydrogen-bond donors (Lipinski definition) is 1. The molecule has 0 unspecified atom stereocenters. The molecule has 1 aromatic rings. The van der Waals surface area contributed by atoms with Crippen molar-refractivity contribution in [2.75, 3.05) is 6.26 Å². The molecule has 1 rings (SSSR count). The molecule has 0 aromatic heterocycles. The molecule has 0 saturated heterocycles. The summed E-state index contributed by atoms with van der Waals surface area (Å²) in [4.78, 5) is 0.360. The summed E-state index contributed by atoms with van der Waals surface area (Å²) in [5.41, 5.74) is 0. The molecule has 1 aromatic carbocycles. The molecule has 4 heteroatoms. The van der Waals surface area contributed by atoms with Crippen LogP contribution < -0.4 is 0 Å². The number of rotatable bonds is 1. The minimum Gasteiger partial charge on any atom is -0.249 e. The van der Waals surface area contributed by atoms with Crippen molar-refractivity contribution in [1.82, 2.24) is 0 Å². The van der Waals surface area contributed by atoms with Crippen LogP contribution in [0, 0.1) is 10.6 Å². The van der Waals surface area contributed by atoms with Crippen molar-refractivity contribution in [3.8, 4) is 0 Å². The summed E-state index contributed by atoms with van der Waals surface area (Å²) in [6.45, 7) is 0. The fourth-order valence-electron chi connectivity index (χ4n) is 0.694. The van der Waals surface area contributed by atoms with E-state index < -0.39 is 9.73 Å². The van der Waals surface area contributed by atoms with Gasteiger partial charge in [0.2, 0.25) is 0 Å². The Bertz CT molecular complexity index is 341. The van der Waals surface area contributed by atoms with Crippen LogP contribution in [0.3, 0.4) is 0 Å². The molecular weight excluding hydrogens is 165 g/mol. The van der Waals surface area contributed by atoms with Crippen molar-refractivity contribution in [1.29, 1.82) is 4.78 Å². The Morgan fingerprint density at radius 3 is 2.18 bits per heavy atom. The average Bonchev–Trinajstić information content (AvgIpc) is 1.86. The minimum absolute atomic E-state index is 0.360. The monoisotopic (exact) mass is 173 g/mol. The molecule has 1 atom stereocenters. The topological polar surface area (TPSA) is 40.9 Å². The van der Waals surface area contributed by atoms with Crippen molar-refractivity contribution >= 4 is 9.73 Å². The molecule has 1 N–H and O–H groups in total. The second kappa shape index (κ2) is 2.62. The highest BCUT2D eigenvalue weighted by Gasteiger charge is 2.01. The highest BCUT2D eigenvalue weighted by atomic mass is 32.2. The predicted molar refractivity (Wildman–Crippen MR) is 41.5 cm³/mol. The van der Waals surface area contributed by atoms with E-state index in [0.717, 1.165) is 0 Å². The van der Waals surface area contributed by atoms with Crippen LogP contribution in [0.1, 0.15) is 0 Å². The Morgan fingerprint density at radius 1 is 1.36 bits per heavy atom. The zero-order chi connectivity index (χ0) is 8.48. The van der Waals surface area contributed by atoms with E-state index in [0.29, 0.717) is 4.90 Å². The molecule has 0 aliphatic rings. The molecule has 0 radical (unpaired) electrons. The van der Waals surface area contributed by atoms with E-state index >= 15 is 0 Å². The Kier molecular flexibility index (Phi) is 1.95. The summed E-state index contributed by atoms with van der Waals surface area (Å²) in [6, 6.07) is 5.13. The zero-order valence-corrected chi connectivity index (χ0v) is 6.82. The van der Waals surface area contributed by atoms with Crippen LogP contribution in [0.5, 0.6) is 0 Å². The number of benzene rings is 1. The lowest BCUT2D eigenvalue weighted by Crippen LogP contribution is -1.93. The van der Waals surface area contributed by atoms with Crippen LogP contribution in [0.2, 0.25) is 0 Å². The van der Waals surface area contributed by atoms with Crippen molar-refractivity contribution < 1.29 is 8.60 Å². The Morgan fingerprint density at radius 2 is 1.82 bits per heavy atom. The van der Waals surface area contributed by atoms with Gasteiger partial charge < -0.3 is 0 Å². The van der Waals surface area contributed by atoms with Crippen LogP contribution in [-0.2, 0) is 9.73 Å². The van der Waals surface area contributed by atoms with Gasteiger partial charge in [0, 0.05) is 11.2 Å². The van der Waals surface area contributed by atoms with Gasteiger partial charge in [0.1, 0.15) is 5.82 Å². The van der Waals surface area contributed by atoms with Crippen molar-refractivity contribution in [3.63, 3.8) is 0 Å². The fourth-order valence-corrected chi connectivity index (χ4v) is 1.35. The van der Waals surface area contributed by atoms with Gasteiger partial charge >= 0.3 is 0 Å². The normalized spacial score (nSPS) is 15.8. The maximum absolute atomic E-state index is 12.3. The maximum atomic E-state index is 12.3. The Hall–Kier alpha value is -0.900. The van der Waals surface area contributed by atoms with E-state index in [1.54, 1.807) is 0 Å². The second-order valence-electron chi connectivity index (χ2n) is 2.30. The molecule has 60 valence electrons. The van der Waals surface area contributed by atoms with Gasteiger partial charge in [-0.15, -0.1) is 0 Å². The van der Waals surface area contributed by atoms with Gasteiger partial charge in [-0.2, -0.15) is 0 Å². The van der Waals surface area contributed by atoms with Gasteiger partial charge in [0.05, 0.1) is 9.73 Å². The quantitative estimate of drug-likeness (QED) is 0.691. The lowest BCUT2D eigenvalue weighted by Gasteiger charge is -1.98. The largest absolute Gasteiger partial charge is 0.249 e. The second-order valence-corrected chi connectivity index (χ2v) is 4.46. The number of hydrogen-bond acceptors (Lipinski definition) is 2. The molecular formula is C7H8FNOS. The first kappa shape index (κ1) is 8.20. The molecule has 2 nitrogen and oxygen atoms in total. The molecule has 0 aliphatic carbocycles. The van der Waals surface area contributed by atoms with Gasteiger partial charge in [0.25, 0.3) is 0 Å². The molecule has 11 heavy (non-hydrogen) atoms. The van der Waals surface area contributed by atoms with Crippen molar-refractivity contribution in [2.45, 2.75) is 4.90 Å². The summed E-state index contributed by atoms with van der Waals surface area (Å²) < 4.78 is 30.5. The van der Waals surface area contributed by atoms with Crippen molar-refractivity contribution in [3.05, 3.63) is 30.1 Å². The van der Waals surface area contributed by atoms with Crippen molar-refractivity contribution in [2.24, 2.45) is 0 Å². The summed E-state index contributed by atoms with van der Waals surface area (Å²) in [7, 11) is -2.69. The third-order valence-electron chi connectivity index (χ3n) is 1.26.